The van der Waals surface area contributed by atoms with Crippen molar-refractivity contribution in [2.75, 3.05) is 31.4 Å². The molecule has 0 radical (unpaired) electrons. The van der Waals surface area contributed by atoms with Gasteiger partial charge in [0.1, 0.15) is 12.0 Å². The second-order valence-corrected chi connectivity index (χ2v) is 9.02. The van der Waals surface area contributed by atoms with Gasteiger partial charge in [0.2, 0.25) is 0 Å². The van der Waals surface area contributed by atoms with E-state index in [1.165, 1.54) is 13.2 Å². The Hall–Kier alpha value is -3.23. The molecule has 8 heteroatoms. The molecule has 1 aliphatic heterocycles. The number of rotatable bonds is 6. The lowest BCUT2D eigenvalue weighted by Crippen LogP contribution is -2.23. The molecule has 6 nitrogen and oxygen atoms in total. The Morgan fingerprint density at radius 3 is 2.70 bits per heavy atom. The summed E-state index contributed by atoms with van der Waals surface area (Å²) in [7, 11) is 1.44. The fourth-order valence-electron chi connectivity index (χ4n) is 3.69. The van der Waals surface area contributed by atoms with E-state index >= 15 is 0 Å². The molecule has 1 unspecified atom stereocenters. The van der Waals surface area contributed by atoms with Crippen LogP contribution >= 0.6 is 0 Å². The molecule has 172 valence electrons. The first-order valence-corrected chi connectivity index (χ1v) is 12.1. The molecule has 33 heavy (non-hydrogen) atoms. The third kappa shape index (κ3) is 5.23. The first-order chi connectivity index (χ1) is 16.0. The number of amides is 1. The highest BCUT2D eigenvalue weighted by atomic mass is 32.2. The zero-order valence-electron chi connectivity index (χ0n) is 18.5. The Labute approximate surface area is 195 Å². The van der Waals surface area contributed by atoms with Crippen molar-refractivity contribution < 1.29 is 23.2 Å². The zero-order valence-corrected chi connectivity index (χ0v) is 19.3. The van der Waals surface area contributed by atoms with Gasteiger partial charge in [-0.25, -0.2) is 4.39 Å². The van der Waals surface area contributed by atoms with Gasteiger partial charge in [0, 0.05) is 30.4 Å². The fourth-order valence-corrected chi connectivity index (χ4v) is 4.21. The van der Waals surface area contributed by atoms with Crippen molar-refractivity contribution in [1.29, 1.82) is 0 Å². The number of hydrogen-bond donors (Lipinski definition) is 1. The van der Waals surface area contributed by atoms with E-state index in [2.05, 4.69) is 5.32 Å². The quantitative estimate of drug-likeness (QED) is 0.542. The van der Waals surface area contributed by atoms with E-state index in [9.17, 15) is 13.7 Å². The monoisotopic (exact) mass is 468 g/mol. The number of methoxy groups -OCH3 is 1. The maximum atomic E-state index is 13.9. The molecular weight excluding hydrogens is 443 g/mol. The van der Waals surface area contributed by atoms with E-state index in [4.69, 9.17) is 9.47 Å². The predicted octanol–water partition coefficient (Wildman–Crippen LogP) is 4.42. The van der Waals surface area contributed by atoms with Crippen LogP contribution in [0.15, 0.2) is 65.6 Å². The van der Waals surface area contributed by atoms with E-state index in [1.807, 2.05) is 23.1 Å². The van der Waals surface area contributed by atoms with Gasteiger partial charge in [-0.15, -0.1) is 0 Å². The van der Waals surface area contributed by atoms with E-state index in [0.717, 1.165) is 28.3 Å². The third-order valence-electron chi connectivity index (χ3n) is 5.45. The van der Waals surface area contributed by atoms with Crippen LogP contribution in [0.3, 0.4) is 0 Å². The first-order valence-electron chi connectivity index (χ1n) is 10.5. The number of anilines is 2. The summed E-state index contributed by atoms with van der Waals surface area (Å²) in [6, 6.07) is 17.4. The normalized spacial score (nSPS) is 14.0. The van der Waals surface area contributed by atoms with Crippen molar-refractivity contribution in [1.82, 2.24) is 5.32 Å². The van der Waals surface area contributed by atoms with Crippen LogP contribution in [0.1, 0.15) is 22.3 Å². The first kappa shape index (κ1) is 22.9. The van der Waals surface area contributed by atoms with Crippen molar-refractivity contribution in [3.63, 3.8) is 0 Å². The SMILES string of the molecule is COc1cc(N2CCCOc3cc(C(=O)NCc4ccc([S+](C)[O-])cc4)ccc32)ccc1F. The van der Waals surface area contributed by atoms with Crippen LogP contribution in [-0.4, -0.2) is 37.0 Å². The van der Waals surface area contributed by atoms with Gasteiger partial charge in [-0.3, -0.25) is 4.79 Å². The fraction of sp³-hybridized carbons (Fsp3) is 0.240. The predicted molar refractivity (Wildman–Crippen MR) is 126 cm³/mol. The van der Waals surface area contributed by atoms with Crippen LogP contribution in [0.25, 0.3) is 0 Å². The molecule has 1 N–H and O–H groups in total. The Balaban J connectivity index is 1.51. The van der Waals surface area contributed by atoms with Crippen molar-refractivity contribution in [3.05, 3.63) is 77.6 Å². The molecule has 0 aromatic heterocycles. The van der Waals surface area contributed by atoms with Crippen LogP contribution in [0.2, 0.25) is 0 Å². The highest BCUT2D eigenvalue weighted by Crippen LogP contribution is 2.38. The molecule has 3 aromatic carbocycles. The highest BCUT2D eigenvalue weighted by molar-refractivity contribution is 7.90. The van der Waals surface area contributed by atoms with Gasteiger partial charge >= 0.3 is 0 Å². The molecule has 0 bridgehead atoms. The number of carbonyl (C=O) groups is 1. The Morgan fingerprint density at radius 2 is 1.97 bits per heavy atom. The van der Waals surface area contributed by atoms with Crippen molar-refractivity contribution in [2.24, 2.45) is 0 Å². The summed E-state index contributed by atoms with van der Waals surface area (Å²) in [5.74, 6) is 0.132. The summed E-state index contributed by atoms with van der Waals surface area (Å²) in [5, 5.41) is 2.91. The van der Waals surface area contributed by atoms with Gasteiger partial charge in [0.15, 0.2) is 16.5 Å². The molecule has 0 saturated carbocycles. The van der Waals surface area contributed by atoms with Crippen LogP contribution in [-0.2, 0) is 17.7 Å². The molecule has 1 aliphatic rings. The largest absolute Gasteiger partial charge is 0.612 e. The van der Waals surface area contributed by atoms with Crippen LogP contribution in [0.5, 0.6) is 11.5 Å². The molecule has 1 amide bonds. The Morgan fingerprint density at radius 1 is 1.18 bits per heavy atom. The smallest absolute Gasteiger partial charge is 0.251 e. The average molecular weight is 469 g/mol. The lowest BCUT2D eigenvalue weighted by atomic mass is 10.1. The Bertz CT molecular complexity index is 1140. The highest BCUT2D eigenvalue weighted by Gasteiger charge is 2.21. The molecule has 1 heterocycles. The van der Waals surface area contributed by atoms with Gasteiger partial charge in [-0.2, -0.15) is 0 Å². The van der Waals surface area contributed by atoms with Crippen molar-refractivity contribution in [3.8, 4) is 11.5 Å². The molecular formula is C25H25FN2O4S. The van der Waals surface area contributed by atoms with Gasteiger partial charge < -0.3 is 24.2 Å². The molecule has 0 saturated heterocycles. The molecule has 3 aromatic rings. The summed E-state index contributed by atoms with van der Waals surface area (Å²) < 4.78 is 36.4. The topological polar surface area (TPSA) is 73.9 Å². The average Bonchev–Trinajstić information content (AvgIpc) is 3.05. The summed E-state index contributed by atoms with van der Waals surface area (Å²) in [6.45, 7) is 1.55. The van der Waals surface area contributed by atoms with E-state index in [1.54, 1.807) is 42.7 Å². The number of carbonyl (C=O) groups excluding carboxylic acids is 1. The van der Waals surface area contributed by atoms with Crippen LogP contribution in [0.4, 0.5) is 15.8 Å². The van der Waals surface area contributed by atoms with Gasteiger partial charge in [0.25, 0.3) is 5.91 Å². The van der Waals surface area contributed by atoms with Gasteiger partial charge in [-0.1, -0.05) is 12.1 Å². The van der Waals surface area contributed by atoms with Crippen LogP contribution < -0.4 is 19.7 Å². The number of fused-ring (bicyclic) bond motifs is 1. The second-order valence-electron chi connectivity index (χ2n) is 7.64. The summed E-state index contributed by atoms with van der Waals surface area (Å²) in [5.41, 5.74) is 2.99. The number of nitrogens with one attached hydrogen (secondary N) is 1. The number of hydrogen-bond acceptors (Lipinski definition) is 5. The van der Waals surface area contributed by atoms with E-state index in [-0.39, 0.29) is 11.7 Å². The van der Waals surface area contributed by atoms with E-state index in [0.29, 0.717) is 31.0 Å². The number of benzene rings is 3. The lowest BCUT2D eigenvalue weighted by Gasteiger charge is -2.24. The third-order valence-corrected chi connectivity index (χ3v) is 6.39. The summed E-state index contributed by atoms with van der Waals surface area (Å²) in [4.78, 5) is 15.5. The maximum Gasteiger partial charge on any atom is 0.251 e. The molecule has 0 aliphatic carbocycles. The maximum absolute atomic E-state index is 13.9. The number of halogens is 1. The number of ether oxygens (including phenoxy) is 2. The van der Waals surface area contributed by atoms with Gasteiger partial charge in [0.05, 0.1) is 19.4 Å². The molecule has 0 spiro atoms. The van der Waals surface area contributed by atoms with Crippen LogP contribution in [0, 0.1) is 5.82 Å². The minimum atomic E-state index is -1.03. The molecule has 1 atom stereocenters. The second kappa shape index (κ2) is 10.1. The summed E-state index contributed by atoms with van der Waals surface area (Å²) in [6.07, 6.45) is 2.40. The zero-order chi connectivity index (χ0) is 23.4. The number of nitrogens with zero attached hydrogens (tertiary/aromatic N) is 1. The standard InChI is InChI=1S/C25H25FN2O4S/c1-31-23-15-19(7-10-21(23)26)28-12-3-13-32-24-14-18(6-11-22(24)28)25(29)27-16-17-4-8-20(9-5-17)33(2)30/h4-11,14-15H,3,12-13,16H2,1-2H3,(H,27,29). The van der Waals surface area contributed by atoms with E-state index < -0.39 is 17.0 Å². The van der Waals surface area contributed by atoms with Gasteiger partial charge in [-0.05, 0) is 65.6 Å². The molecule has 4 rings (SSSR count). The lowest BCUT2D eigenvalue weighted by molar-refractivity contribution is 0.0950. The minimum Gasteiger partial charge on any atom is -0.612 e. The van der Waals surface area contributed by atoms with Crippen molar-refractivity contribution in [2.45, 2.75) is 17.9 Å². The minimum absolute atomic E-state index is 0.174. The molecule has 0 fully saturated rings. The Kier molecular flexibility index (Phi) is 7.05. The summed E-state index contributed by atoms with van der Waals surface area (Å²) >= 11 is -1.03. The van der Waals surface area contributed by atoms with Crippen molar-refractivity contribution >= 4 is 28.5 Å².